The predicted molar refractivity (Wildman–Crippen MR) is 231 cm³/mol. The molecule has 5 heterocycles. The molecule has 3 saturated carbocycles. The van der Waals surface area contributed by atoms with Crippen LogP contribution in [0.25, 0.3) is 21.8 Å². The summed E-state index contributed by atoms with van der Waals surface area (Å²) in [6.07, 6.45) is 8.71. The zero-order chi connectivity index (χ0) is 44.5. The Morgan fingerprint density at radius 3 is 2.31 bits per heavy atom. The van der Waals surface area contributed by atoms with Crippen LogP contribution >= 0.6 is 0 Å². The zero-order valence-electron chi connectivity index (χ0n) is 35.1. The molecule has 16 nitrogen and oxygen atoms in total. The van der Waals surface area contributed by atoms with Crippen molar-refractivity contribution in [3.05, 3.63) is 81.9 Å². The van der Waals surface area contributed by atoms with Gasteiger partial charge in [-0.2, -0.15) is 10.4 Å². The topological polar surface area (TPSA) is 202 Å². The molecule has 3 aliphatic heterocycles. The Kier molecular flexibility index (Phi) is 9.09. The smallest absolute Gasteiger partial charge is 0.329 e. The van der Waals surface area contributed by atoms with Crippen molar-refractivity contribution in [2.45, 2.75) is 81.0 Å². The van der Waals surface area contributed by atoms with Gasteiger partial charge in [-0.3, -0.25) is 29.1 Å². The van der Waals surface area contributed by atoms with Crippen molar-refractivity contribution in [2.24, 2.45) is 23.0 Å². The third-order valence-corrected chi connectivity index (χ3v) is 17.2. The number of likely N-dealkylation sites (tertiary alicyclic amines) is 1. The number of nitrogens with zero attached hydrogens (tertiary/aromatic N) is 8. The van der Waals surface area contributed by atoms with E-state index in [0.717, 1.165) is 70.8 Å². The lowest BCUT2D eigenvalue weighted by Crippen LogP contribution is -2.67. The van der Waals surface area contributed by atoms with Gasteiger partial charge in [0.2, 0.25) is 15.9 Å². The zero-order valence-corrected chi connectivity index (χ0v) is 36.0. The Bertz CT molecular complexity index is 3040. The van der Waals surface area contributed by atoms with E-state index >= 15 is 8.78 Å². The first-order valence-corrected chi connectivity index (χ1v) is 23.3. The maximum atomic E-state index is 15.7. The molecule has 19 heteroatoms. The molecule has 2 aromatic heterocycles. The summed E-state index contributed by atoms with van der Waals surface area (Å²) in [5.41, 5.74) is 1.62. The van der Waals surface area contributed by atoms with E-state index in [4.69, 9.17) is 9.88 Å². The first-order valence-electron chi connectivity index (χ1n) is 21.8. The van der Waals surface area contributed by atoms with Crippen molar-refractivity contribution in [3.63, 3.8) is 0 Å². The van der Waals surface area contributed by atoms with Gasteiger partial charge in [0.1, 0.15) is 27.9 Å². The first-order chi connectivity index (χ1) is 30.6. The SMILES string of the molecule is Cn1nc(N2CCC(=O)NC2=O)c2cc(F)c(N3CC4(CC(N5CCC6(CC5)CC(n5cnc7ccc(Oc8c(F)ccc(C9(S(N)(=O)=O)CCC9)c8C#N)cc7c5=O)C6)C4)C3)cc21. The Hall–Kier alpha value is -5.97. The number of rotatable bonds is 8. The molecule has 0 radical (unpaired) electrons. The van der Waals surface area contributed by atoms with Crippen LogP contribution in [0.3, 0.4) is 0 Å². The van der Waals surface area contributed by atoms with E-state index in [1.807, 2.05) is 12.1 Å². The van der Waals surface area contributed by atoms with E-state index in [1.165, 1.54) is 29.2 Å². The number of aryl methyl sites for hydroxylation is 1. The fourth-order valence-corrected chi connectivity index (χ4v) is 13.0. The number of primary sulfonamides is 1. The number of nitrogens with two attached hydrogens (primary N) is 1. The van der Waals surface area contributed by atoms with Crippen molar-refractivity contribution in [1.29, 1.82) is 5.26 Å². The molecular weight excluding hydrogens is 847 g/mol. The standard InChI is InChI=1S/C45H46F2N10O6S/c1-53-36-17-37(34(47)16-30(36)40(52-53)56-12-7-38(58)51-42(56)60)55-23-44(24-55)18-26(19-44)54-13-10-43(11-14-54)20-27(21-43)57-25-50-35-6-3-28(15-29(35)41(57)59)63-39-31(22-48)32(4-5-33(39)46)45(8-2-9-45)64(49,61)62/h3-6,15-17,25-27H,2,7-14,18-21,23-24H2,1H3,(H2,49,61,62)(H,51,58,60). The number of piperidine rings is 1. The Morgan fingerprint density at radius 2 is 1.64 bits per heavy atom. The van der Waals surface area contributed by atoms with Crippen molar-refractivity contribution in [2.75, 3.05) is 42.5 Å². The summed E-state index contributed by atoms with van der Waals surface area (Å²) in [5, 5.41) is 23.3. The molecule has 0 bridgehead atoms. The molecular formula is C45H46F2N10O6S. The number of urea groups is 1. The van der Waals surface area contributed by atoms with E-state index < -0.39 is 32.4 Å². The van der Waals surface area contributed by atoms with Gasteiger partial charge in [0, 0.05) is 56.0 Å². The number of nitrogens with one attached hydrogen (secondary N) is 1. The number of sulfonamides is 1. The lowest BCUT2D eigenvalue weighted by Gasteiger charge is -2.63. The number of halogens is 2. The van der Waals surface area contributed by atoms with Crippen molar-refractivity contribution < 1.29 is 31.5 Å². The maximum Gasteiger partial charge on any atom is 0.329 e. The number of imide groups is 1. The molecule has 0 atom stereocenters. The van der Waals surface area contributed by atoms with E-state index in [1.54, 1.807) is 28.7 Å². The second-order valence-corrected chi connectivity index (χ2v) is 21.0. The number of aromatic nitrogens is 4. The van der Waals surface area contributed by atoms with Crippen LogP contribution in [-0.4, -0.2) is 83.4 Å². The second kappa shape index (κ2) is 14.3. The fraction of sp³-hybridized carbons (Fsp3) is 0.467. The average molecular weight is 893 g/mol. The highest BCUT2D eigenvalue weighted by molar-refractivity contribution is 7.90. The van der Waals surface area contributed by atoms with E-state index in [0.29, 0.717) is 40.4 Å². The summed E-state index contributed by atoms with van der Waals surface area (Å²) in [6.45, 7) is 3.72. The molecule has 3 N–H and O–H groups in total. The monoisotopic (exact) mass is 892 g/mol. The van der Waals surface area contributed by atoms with Crippen LogP contribution in [0.2, 0.25) is 0 Å². The summed E-state index contributed by atoms with van der Waals surface area (Å²) in [7, 11) is -2.34. The normalized spacial score (nSPS) is 21.9. The molecule has 0 unspecified atom stereocenters. The molecule has 3 amide bonds. The molecule has 6 aliphatic rings. The molecule has 3 saturated heterocycles. The Morgan fingerprint density at radius 1 is 0.906 bits per heavy atom. The molecule has 5 aromatic rings. The third-order valence-electron chi connectivity index (χ3n) is 15.4. The van der Waals surface area contributed by atoms with Gasteiger partial charge in [-0.15, -0.1) is 0 Å². The van der Waals surface area contributed by atoms with Crippen molar-refractivity contribution in [1.82, 2.24) is 29.5 Å². The summed E-state index contributed by atoms with van der Waals surface area (Å²) in [5.74, 6) is -1.53. The number of anilines is 2. The fourth-order valence-electron chi connectivity index (χ4n) is 11.7. The summed E-state index contributed by atoms with van der Waals surface area (Å²) >= 11 is 0. The number of ether oxygens (including phenoxy) is 1. The van der Waals surface area contributed by atoms with Crippen LogP contribution in [0, 0.1) is 33.8 Å². The highest BCUT2D eigenvalue weighted by Gasteiger charge is 2.56. The first kappa shape index (κ1) is 40.8. The molecule has 3 aromatic carbocycles. The van der Waals surface area contributed by atoms with Gasteiger partial charge in [-0.25, -0.2) is 32.1 Å². The lowest BCUT2D eigenvalue weighted by molar-refractivity contribution is -0.120. The van der Waals surface area contributed by atoms with E-state index in [-0.39, 0.29) is 82.2 Å². The van der Waals surface area contributed by atoms with Crippen LogP contribution in [-0.2, 0) is 26.6 Å². The van der Waals surface area contributed by atoms with Crippen molar-refractivity contribution in [3.8, 4) is 17.6 Å². The van der Waals surface area contributed by atoms with Gasteiger partial charge in [0.05, 0.1) is 28.4 Å². The Labute approximate surface area is 366 Å². The second-order valence-electron chi connectivity index (χ2n) is 19.1. The van der Waals surface area contributed by atoms with Gasteiger partial charge >= 0.3 is 6.03 Å². The molecule has 64 heavy (non-hydrogen) atoms. The summed E-state index contributed by atoms with van der Waals surface area (Å²) in [6, 6.07) is 12.1. The lowest BCUT2D eigenvalue weighted by atomic mass is 9.57. The number of amides is 3. The number of fused-ring (bicyclic) bond motifs is 2. The van der Waals surface area contributed by atoms with Gasteiger partial charge in [-0.05, 0) is 118 Å². The summed E-state index contributed by atoms with van der Waals surface area (Å²) in [4.78, 5) is 48.8. The number of carbonyl (C=O) groups is 2. The molecule has 2 spiro atoms. The molecule has 3 aliphatic carbocycles. The molecule has 6 fully saturated rings. The third kappa shape index (κ3) is 6.23. The van der Waals surface area contributed by atoms with Gasteiger partial charge in [0.15, 0.2) is 17.4 Å². The number of benzene rings is 3. The van der Waals surface area contributed by atoms with Crippen LogP contribution in [0.5, 0.6) is 11.5 Å². The average Bonchev–Trinajstić information content (AvgIpc) is 3.50. The number of carbonyl (C=O) groups excluding carboxylic acids is 2. The quantitative estimate of drug-likeness (QED) is 0.201. The number of hydrogen-bond acceptors (Lipinski definition) is 11. The van der Waals surface area contributed by atoms with Crippen molar-refractivity contribution >= 4 is 55.3 Å². The minimum atomic E-state index is -4.11. The van der Waals surface area contributed by atoms with E-state index in [2.05, 4.69) is 25.2 Å². The van der Waals surface area contributed by atoms with Crippen LogP contribution in [0.1, 0.15) is 81.4 Å². The van der Waals surface area contributed by atoms with Crippen LogP contribution in [0.15, 0.2) is 53.6 Å². The van der Waals surface area contributed by atoms with Crippen LogP contribution in [0.4, 0.5) is 25.1 Å². The van der Waals surface area contributed by atoms with Crippen LogP contribution < -0.4 is 30.6 Å². The summed E-state index contributed by atoms with van der Waals surface area (Å²) < 4.78 is 64.0. The molecule has 332 valence electrons. The van der Waals surface area contributed by atoms with Gasteiger partial charge < -0.3 is 14.5 Å². The van der Waals surface area contributed by atoms with Gasteiger partial charge in [0.25, 0.3) is 5.56 Å². The maximum absolute atomic E-state index is 15.7. The molecule has 11 rings (SSSR count). The predicted octanol–water partition coefficient (Wildman–Crippen LogP) is 5.43. The van der Waals surface area contributed by atoms with E-state index in [9.17, 15) is 28.1 Å². The Balaban J connectivity index is 0.710. The largest absolute Gasteiger partial charge is 0.453 e. The highest BCUT2D eigenvalue weighted by Crippen LogP contribution is 2.57. The minimum Gasteiger partial charge on any atom is -0.453 e. The minimum absolute atomic E-state index is 0.0165. The highest BCUT2D eigenvalue weighted by atomic mass is 32.2. The number of nitriles is 1. The van der Waals surface area contributed by atoms with Gasteiger partial charge in [-0.1, -0.05) is 6.07 Å². The number of hydrogen-bond donors (Lipinski definition) is 2.